The van der Waals surface area contributed by atoms with Crippen LogP contribution in [-0.4, -0.2) is 52.5 Å². The Hall–Kier alpha value is -1.15. The lowest BCUT2D eigenvalue weighted by Crippen LogP contribution is -2.17. The van der Waals surface area contributed by atoms with Gasteiger partial charge in [-0.25, -0.2) is 4.68 Å². The molecule has 1 rings (SSSR count). The van der Waals surface area contributed by atoms with Crippen LogP contribution in [0.15, 0.2) is 5.16 Å². The largest absolute Gasteiger partial charge is 0.359 e. The highest BCUT2D eigenvalue weighted by Crippen LogP contribution is 2.15. The van der Waals surface area contributed by atoms with Crippen LogP contribution in [0.25, 0.3) is 0 Å². The van der Waals surface area contributed by atoms with Crippen molar-refractivity contribution in [2.24, 2.45) is 0 Å². The maximum Gasteiger partial charge on any atom is 0.219 e. The van der Waals surface area contributed by atoms with Gasteiger partial charge in [0, 0.05) is 25.8 Å². The van der Waals surface area contributed by atoms with Gasteiger partial charge in [-0.1, -0.05) is 11.8 Å². The minimum atomic E-state index is 0.0698. The second kappa shape index (κ2) is 8.02. The zero-order valence-corrected chi connectivity index (χ0v) is 11.0. The Morgan fingerprint density at radius 1 is 1.47 bits per heavy atom. The van der Waals surface area contributed by atoms with Crippen molar-refractivity contribution >= 4 is 17.7 Å². The second-order valence-corrected chi connectivity index (χ2v) is 4.48. The van der Waals surface area contributed by atoms with Gasteiger partial charge in [0.15, 0.2) is 0 Å². The number of nitrogens with one attached hydrogen (secondary N) is 2. The van der Waals surface area contributed by atoms with Crippen LogP contribution in [0.1, 0.15) is 12.8 Å². The molecule has 0 saturated carbocycles. The molecule has 0 unspecified atom stereocenters. The van der Waals surface area contributed by atoms with E-state index in [1.165, 1.54) is 0 Å². The number of rotatable bonds is 8. The van der Waals surface area contributed by atoms with Gasteiger partial charge in [0.05, 0.1) is 6.54 Å². The van der Waals surface area contributed by atoms with E-state index in [0.29, 0.717) is 6.42 Å². The van der Waals surface area contributed by atoms with Crippen molar-refractivity contribution in [1.29, 1.82) is 0 Å². The number of tetrazole rings is 1. The number of amides is 1. The SMILES string of the molecule is CNCCn1nnnc1SCCCC(=O)NC. The van der Waals surface area contributed by atoms with Gasteiger partial charge in [-0.05, 0) is 23.9 Å². The predicted molar refractivity (Wildman–Crippen MR) is 65.8 cm³/mol. The van der Waals surface area contributed by atoms with E-state index >= 15 is 0 Å². The summed E-state index contributed by atoms with van der Waals surface area (Å²) >= 11 is 1.58. The lowest BCUT2D eigenvalue weighted by Gasteiger charge is -2.03. The van der Waals surface area contributed by atoms with Crippen molar-refractivity contribution < 1.29 is 4.79 Å². The molecule has 7 nitrogen and oxygen atoms in total. The summed E-state index contributed by atoms with van der Waals surface area (Å²) in [6.07, 6.45) is 1.37. The summed E-state index contributed by atoms with van der Waals surface area (Å²) in [5.74, 6) is 0.910. The van der Waals surface area contributed by atoms with Gasteiger partial charge in [0.1, 0.15) is 0 Å². The summed E-state index contributed by atoms with van der Waals surface area (Å²) in [4.78, 5) is 11.0. The molecule has 0 fully saturated rings. The molecule has 96 valence electrons. The Bertz CT molecular complexity index is 342. The van der Waals surface area contributed by atoms with Crippen molar-refractivity contribution in [3.63, 3.8) is 0 Å². The van der Waals surface area contributed by atoms with Gasteiger partial charge in [0.2, 0.25) is 11.1 Å². The van der Waals surface area contributed by atoms with Crippen LogP contribution in [-0.2, 0) is 11.3 Å². The molecule has 17 heavy (non-hydrogen) atoms. The molecule has 1 amide bonds. The number of thioether (sulfide) groups is 1. The first-order valence-electron chi connectivity index (χ1n) is 5.52. The van der Waals surface area contributed by atoms with Crippen LogP contribution in [0, 0.1) is 0 Å². The predicted octanol–water partition coefficient (Wildman–Crippen LogP) is -0.489. The highest BCUT2D eigenvalue weighted by Gasteiger charge is 2.06. The maximum atomic E-state index is 11.0. The minimum Gasteiger partial charge on any atom is -0.359 e. The first kappa shape index (κ1) is 13.9. The molecule has 0 spiro atoms. The van der Waals surface area contributed by atoms with E-state index in [0.717, 1.165) is 30.4 Å². The quantitative estimate of drug-likeness (QED) is 0.483. The Balaban J connectivity index is 2.26. The van der Waals surface area contributed by atoms with E-state index in [1.54, 1.807) is 23.5 Å². The Morgan fingerprint density at radius 2 is 2.29 bits per heavy atom. The number of hydrogen-bond acceptors (Lipinski definition) is 6. The van der Waals surface area contributed by atoms with E-state index in [2.05, 4.69) is 26.2 Å². The van der Waals surface area contributed by atoms with E-state index in [-0.39, 0.29) is 5.91 Å². The number of aromatic nitrogens is 4. The summed E-state index contributed by atoms with van der Waals surface area (Å²) < 4.78 is 1.76. The van der Waals surface area contributed by atoms with Crippen LogP contribution in [0.4, 0.5) is 0 Å². The molecular weight excluding hydrogens is 240 g/mol. The zero-order valence-electron chi connectivity index (χ0n) is 10.1. The molecule has 2 N–H and O–H groups in total. The van der Waals surface area contributed by atoms with Gasteiger partial charge >= 0.3 is 0 Å². The van der Waals surface area contributed by atoms with E-state index in [4.69, 9.17) is 0 Å². The molecule has 0 aliphatic heterocycles. The monoisotopic (exact) mass is 258 g/mol. The minimum absolute atomic E-state index is 0.0698. The van der Waals surface area contributed by atoms with Gasteiger partial charge in [-0.15, -0.1) is 5.10 Å². The maximum absolute atomic E-state index is 11.0. The molecule has 8 heteroatoms. The Kier molecular flexibility index (Phi) is 6.56. The van der Waals surface area contributed by atoms with Crippen LogP contribution in [0.3, 0.4) is 0 Å². The molecule has 0 aliphatic rings. The standard InChI is InChI=1S/C9H18N6OS/c1-10-5-6-15-9(12-13-14-15)17-7-3-4-8(16)11-2/h10H,3-7H2,1-2H3,(H,11,16). The normalized spacial score (nSPS) is 10.5. The summed E-state index contributed by atoms with van der Waals surface area (Å²) in [5.41, 5.74) is 0. The van der Waals surface area contributed by atoms with Crippen molar-refractivity contribution in [3.05, 3.63) is 0 Å². The van der Waals surface area contributed by atoms with Crippen molar-refractivity contribution in [1.82, 2.24) is 30.8 Å². The third-order valence-electron chi connectivity index (χ3n) is 2.13. The molecule has 0 bridgehead atoms. The number of carbonyl (C=O) groups excluding carboxylic acids is 1. The van der Waals surface area contributed by atoms with Gasteiger partial charge < -0.3 is 10.6 Å². The lowest BCUT2D eigenvalue weighted by molar-refractivity contribution is -0.120. The first-order valence-corrected chi connectivity index (χ1v) is 6.50. The molecule has 1 heterocycles. The topological polar surface area (TPSA) is 84.7 Å². The van der Waals surface area contributed by atoms with Crippen molar-refractivity contribution in [2.45, 2.75) is 24.5 Å². The number of nitrogens with zero attached hydrogens (tertiary/aromatic N) is 4. The third kappa shape index (κ3) is 5.14. The average molecular weight is 258 g/mol. The van der Waals surface area contributed by atoms with E-state index in [1.807, 2.05) is 7.05 Å². The Morgan fingerprint density at radius 3 is 3.00 bits per heavy atom. The van der Waals surface area contributed by atoms with E-state index in [9.17, 15) is 4.79 Å². The number of hydrogen-bond donors (Lipinski definition) is 2. The molecule has 0 radical (unpaired) electrons. The first-order chi connectivity index (χ1) is 8.27. The van der Waals surface area contributed by atoms with Crippen LogP contribution in [0.5, 0.6) is 0 Å². The molecular formula is C9H18N6OS. The fraction of sp³-hybridized carbons (Fsp3) is 0.778. The summed E-state index contributed by atoms with van der Waals surface area (Å²) in [6, 6.07) is 0. The zero-order chi connectivity index (χ0) is 12.5. The van der Waals surface area contributed by atoms with Gasteiger partial charge in [-0.2, -0.15) is 0 Å². The molecule has 0 aromatic carbocycles. The third-order valence-corrected chi connectivity index (χ3v) is 3.17. The number of carbonyl (C=O) groups is 1. The number of likely N-dealkylation sites (N-methyl/N-ethyl adjacent to an activating group) is 1. The molecule has 0 saturated heterocycles. The average Bonchev–Trinajstić information content (AvgIpc) is 2.79. The summed E-state index contributed by atoms with van der Waals surface area (Å²) in [6.45, 7) is 1.58. The lowest BCUT2D eigenvalue weighted by atomic mass is 10.3. The smallest absolute Gasteiger partial charge is 0.219 e. The fourth-order valence-corrected chi connectivity index (χ4v) is 2.02. The van der Waals surface area contributed by atoms with Gasteiger partial charge in [0.25, 0.3) is 0 Å². The fourth-order valence-electron chi connectivity index (χ4n) is 1.18. The summed E-state index contributed by atoms with van der Waals surface area (Å²) in [5, 5.41) is 17.9. The van der Waals surface area contributed by atoms with E-state index < -0.39 is 0 Å². The molecule has 1 aromatic rings. The molecule has 0 atom stereocenters. The van der Waals surface area contributed by atoms with Crippen LogP contribution < -0.4 is 10.6 Å². The molecule has 1 aromatic heterocycles. The highest BCUT2D eigenvalue weighted by atomic mass is 32.2. The van der Waals surface area contributed by atoms with Gasteiger partial charge in [-0.3, -0.25) is 4.79 Å². The Labute approximate surface area is 105 Å². The highest BCUT2D eigenvalue weighted by molar-refractivity contribution is 7.99. The van der Waals surface area contributed by atoms with Crippen molar-refractivity contribution in [3.8, 4) is 0 Å². The summed E-state index contributed by atoms with van der Waals surface area (Å²) in [7, 11) is 3.54. The van der Waals surface area contributed by atoms with Crippen LogP contribution in [0.2, 0.25) is 0 Å². The second-order valence-electron chi connectivity index (χ2n) is 3.41. The van der Waals surface area contributed by atoms with Crippen molar-refractivity contribution in [2.75, 3.05) is 26.4 Å². The van der Waals surface area contributed by atoms with Crippen LogP contribution >= 0.6 is 11.8 Å². The molecule has 0 aliphatic carbocycles.